The van der Waals surface area contributed by atoms with Gasteiger partial charge in [0.25, 0.3) is 5.56 Å². The van der Waals surface area contributed by atoms with E-state index in [1.165, 1.54) is 40.3 Å². The Bertz CT molecular complexity index is 536. The molecule has 0 amide bonds. The van der Waals surface area contributed by atoms with Crippen molar-refractivity contribution in [3.05, 3.63) is 22.6 Å². The molecule has 0 saturated carbocycles. The second-order valence-corrected chi connectivity index (χ2v) is 5.45. The minimum atomic E-state index is -0.137. The Morgan fingerprint density at radius 3 is 3.18 bits per heavy atom. The highest BCUT2D eigenvalue weighted by molar-refractivity contribution is 7.98. The molecule has 0 saturated heterocycles. The predicted octanol–water partition coefficient (Wildman–Crippen LogP) is 1.71. The summed E-state index contributed by atoms with van der Waals surface area (Å²) < 4.78 is 1.33. The third-order valence-electron chi connectivity index (χ3n) is 2.22. The van der Waals surface area contributed by atoms with E-state index in [2.05, 4.69) is 21.7 Å². The number of unbranched alkanes of at least 4 members (excludes halogenated alkanes) is 1. The van der Waals surface area contributed by atoms with Crippen molar-refractivity contribution in [3.8, 4) is 0 Å². The van der Waals surface area contributed by atoms with E-state index >= 15 is 0 Å². The molecule has 0 aromatic carbocycles. The molecule has 0 unspecified atom stereocenters. The molecule has 1 N–H and O–H groups in total. The molecule has 0 aliphatic heterocycles. The van der Waals surface area contributed by atoms with Gasteiger partial charge in [-0.1, -0.05) is 11.3 Å². The van der Waals surface area contributed by atoms with E-state index in [0.717, 1.165) is 18.1 Å². The van der Waals surface area contributed by atoms with Gasteiger partial charge in [-0.15, -0.1) is 5.10 Å². The quantitative estimate of drug-likeness (QED) is 0.810. The Morgan fingerprint density at radius 1 is 1.53 bits per heavy atom. The average Bonchev–Trinajstić information content (AvgIpc) is 2.73. The molecule has 0 aliphatic carbocycles. The number of nitrogens with zero attached hydrogens (tertiary/aromatic N) is 3. The van der Waals surface area contributed by atoms with Crippen molar-refractivity contribution in [2.24, 2.45) is 0 Å². The Hall–Kier alpha value is -1.08. The number of rotatable bonds is 6. The van der Waals surface area contributed by atoms with Gasteiger partial charge in [0.2, 0.25) is 10.1 Å². The molecule has 0 bridgehead atoms. The molecule has 2 aromatic rings. The fraction of sp³-hybridized carbons (Fsp3) is 0.500. The van der Waals surface area contributed by atoms with Crippen LogP contribution in [0.3, 0.4) is 0 Å². The maximum Gasteiger partial charge on any atom is 0.275 e. The third kappa shape index (κ3) is 3.19. The third-order valence-corrected chi connectivity index (χ3v) is 3.80. The second kappa shape index (κ2) is 6.02. The maximum atomic E-state index is 11.4. The Morgan fingerprint density at radius 2 is 2.41 bits per heavy atom. The van der Waals surface area contributed by atoms with Crippen LogP contribution in [0.4, 0.5) is 5.13 Å². The summed E-state index contributed by atoms with van der Waals surface area (Å²) in [5.41, 5.74) is -0.137. The minimum absolute atomic E-state index is 0.137. The fourth-order valence-electron chi connectivity index (χ4n) is 1.38. The topological polar surface area (TPSA) is 59.3 Å². The highest BCUT2D eigenvalue weighted by Gasteiger charge is 2.04. The lowest BCUT2D eigenvalue weighted by Gasteiger charge is -2.00. The van der Waals surface area contributed by atoms with Crippen molar-refractivity contribution in [1.82, 2.24) is 14.6 Å². The number of fused-ring (bicyclic) bond motifs is 1. The lowest BCUT2D eigenvalue weighted by Crippen LogP contribution is -2.12. The van der Waals surface area contributed by atoms with E-state index in [0.29, 0.717) is 4.96 Å². The first-order valence-electron chi connectivity index (χ1n) is 5.39. The zero-order chi connectivity index (χ0) is 12.1. The van der Waals surface area contributed by atoms with Crippen LogP contribution in [0.1, 0.15) is 12.8 Å². The molecule has 5 nitrogen and oxygen atoms in total. The highest BCUT2D eigenvalue weighted by atomic mass is 32.2. The van der Waals surface area contributed by atoms with Gasteiger partial charge in [-0.25, -0.2) is 4.98 Å². The second-order valence-electron chi connectivity index (χ2n) is 3.51. The van der Waals surface area contributed by atoms with Crippen LogP contribution in [0.25, 0.3) is 4.96 Å². The van der Waals surface area contributed by atoms with Crippen LogP contribution in [0.5, 0.6) is 0 Å². The first kappa shape index (κ1) is 12.4. The summed E-state index contributed by atoms with van der Waals surface area (Å²) in [6.07, 6.45) is 5.92. The molecule has 2 rings (SSSR count). The molecular formula is C10H14N4OS2. The van der Waals surface area contributed by atoms with Gasteiger partial charge < -0.3 is 5.32 Å². The summed E-state index contributed by atoms with van der Waals surface area (Å²) in [5, 5.41) is 8.15. The van der Waals surface area contributed by atoms with Crippen LogP contribution >= 0.6 is 23.1 Å². The van der Waals surface area contributed by atoms with Crippen LogP contribution in [-0.2, 0) is 0 Å². The van der Waals surface area contributed by atoms with Gasteiger partial charge in [0.1, 0.15) is 0 Å². The van der Waals surface area contributed by atoms with Gasteiger partial charge in [-0.2, -0.15) is 16.3 Å². The average molecular weight is 270 g/mol. The summed E-state index contributed by atoms with van der Waals surface area (Å²) in [4.78, 5) is 16.2. The van der Waals surface area contributed by atoms with Crippen molar-refractivity contribution >= 4 is 33.2 Å². The maximum absolute atomic E-state index is 11.4. The highest BCUT2D eigenvalue weighted by Crippen LogP contribution is 2.15. The van der Waals surface area contributed by atoms with Crippen molar-refractivity contribution in [1.29, 1.82) is 0 Å². The van der Waals surface area contributed by atoms with E-state index in [-0.39, 0.29) is 5.56 Å². The van der Waals surface area contributed by atoms with Gasteiger partial charge in [-0.3, -0.25) is 4.79 Å². The Labute approximate surface area is 107 Å². The SMILES string of the molecule is CSCCCCNc1nn2c(=O)ccnc2s1. The van der Waals surface area contributed by atoms with E-state index < -0.39 is 0 Å². The monoisotopic (exact) mass is 270 g/mol. The zero-order valence-electron chi connectivity index (χ0n) is 9.55. The lowest BCUT2D eigenvalue weighted by molar-refractivity contribution is 0.832. The fourth-order valence-corrected chi connectivity index (χ4v) is 2.68. The predicted molar refractivity (Wildman–Crippen MR) is 73.2 cm³/mol. The molecule has 0 aliphatic rings. The van der Waals surface area contributed by atoms with E-state index in [1.807, 2.05) is 11.8 Å². The van der Waals surface area contributed by atoms with Gasteiger partial charge in [0, 0.05) is 18.8 Å². The van der Waals surface area contributed by atoms with Gasteiger partial charge in [-0.05, 0) is 24.9 Å². The molecule has 0 atom stereocenters. The number of hydrogen-bond donors (Lipinski definition) is 1. The zero-order valence-corrected chi connectivity index (χ0v) is 11.2. The molecule has 92 valence electrons. The summed E-state index contributed by atoms with van der Waals surface area (Å²) in [6, 6.07) is 1.41. The normalized spacial score (nSPS) is 10.9. The summed E-state index contributed by atoms with van der Waals surface area (Å²) in [7, 11) is 0. The summed E-state index contributed by atoms with van der Waals surface area (Å²) >= 11 is 3.26. The number of anilines is 1. The molecule has 17 heavy (non-hydrogen) atoms. The Balaban J connectivity index is 1.96. The summed E-state index contributed by atoms with van der Waals surface area (Å²) in [5.74, 6) is 1.18. The molecule has 0 spiro atoms. The number of nitrogens with one attached hydrogen (secondary N) is 1. The number of thioether (sulfide) groups is 1. The van der Waals surface area contributed by atoms with Gasteiger partial charge in [0.15, 0.2) is 0 Å². The lowest BCUT2D eigenvalue weighted by atomic mass is 10.3. The van der Waals surface area contributed by atoms with Crippen molar-refractivity contribution in [3.63, 3.8) is 0 Å². The Kier molecular flexibility index (Phi) is 4.38. The van der Waals surface area contributed by atoms with Gasteiger partial charge >= 0.3 is 0 Å². The standard InChI is InChI=1S/C10H14N4OS2/c1-16-7-3-2-5-11-9-13-14-8(15)4-6-12-10(14)17-9/h4,6H,2-3,5,7H2,1H3,(H,11,13). The molecule has 7 heteroatoms. The summed E-state index contributed by atoms with van der Waals surface area (Å²) in [6.45, 7) is 0.884. The smallest absolute Gasteiger partial charge is 0.275 e. The van der Waals surface area contributed by atoms with Crippen LogP contribution in [0.2, 0.25) is 0 Å². The van der Waals surface area contributed by atoms with Crippen molar-refractivity contribution in [2.75, 3.05) is 23.9 Å². The number of hydrogen-bond acceptors (Lipinski definition) is 6. The van der Waals surface area contributed by atoms with Crippen LogP contribution in [0.15, 0.2) is 17.1 Å². The van der Waals surface area contributed by atoms with E-state index in [9.17, 15) is 4.79 Å². The van der Waals surface area contributed by atoms with Gasteiger partial charge in [0.05, 0.1) is 0 Å². The molecular weight excluding hydrogens is 256 g/mol. The van der Waals surface area contributed by atoms with E-state index in [1.54, 1.807) is 0 Å². The van der Waals surface area contributed by atoms with Crippen LogP contribution < -0.4 is 10.9 Å². The largest absolute Gasteiger partial charge is 0.360 e. The first-order valence-corrected chi connectivity index (χ1v) is 7.60. The molecule has 2 heterocycles. The van der Waals surface area contributed by atoms with Crippen molar-refractivity contribution < 1.29 is 0 Å². The van der Waals surface area contributed by atoms with E-state index in [4.69, 9.17) is 0 Å². The molecule has 0 radical (unpaired) electrons. The number of aromatic nitrogens is 3. The molecule has 2 aromatic heterocycles. The first-order chi connectivity index (χ1) is 8.31. The molecule has 0 fully saturated rings. The minimum Gasteiger partial charge on any atom is -0.360 e. The van der Waals surface area contributed by atoms with Crippen LogP contribution in [0, 0.1) is 0 Å². The van der Waals surface area contributed by atoms with Crippen molar-refractivity contribution in [2.45, 2.75) is 12.8 Å². The van der Waals surface area contributed by atoms with Crippen LogP contribution in [-0.4, -0.2) is 33.2 Å².